The summed E-state index contributed by atoms with van der Waals surface area (Å²) in [6.45, 7) is 9.92. The zero-order valence-electron chi connectivity index (χ0n) is 59.3. The molecule has 0 unspecified atom stereocenters. The molecule has 32 heteroatoms. The fraction of sp³-hybridized carbons (Fsp3) is 0.320. The van der Waals surface area contributed by atoms with Crippen molar-refractivity contribution in [3.8, 4) is 28.0 Å². The van der Waals surface area contributed by atoms with E-state index in [4.69, 9.17) is 46.4 Å². The second-order valence-electron chi connectivity index (χ2n) is 26.7. The Labute approximate surface area is 634 Å². The van der Waals surface area contributed by atoms with E-state index in [0.717, 1.165) is 158 Å². The third-order valence-electron chi connectivity index (χ3n) is 20.0. The highest BCUT2D eigenvalue weighted by Crippen LogP contribution is 2.42. The summed E-state index contributed by atoms with van der Waals surface area (Å²) in [6.07, 6.45) is 11.3. The molecule has 3 amide bonds. The zero-order chi connectivity index (χ0) is 76.1. The number of fused-ring (bicyclic) bond motifs is 5. The minimum absolute atomic E-state index is 0.00253. The van der Waals surface area contributed by atoms with Gasteiger partial charge in [-0.3, -0.25) is 44.7 Å². The molecule has 0 bridgehead atoms. The van der Waals surface area contributed by atoms with Crippen LogP contribution < -0.4 is 29.7 Å². The van der Waals surface area contributed by atoms with Crippen LogP contribution in [0.2, 0.25) is 20.1 Å². The van der Waals surface area contributed by atoms with Crippen molar-refractivity contribution in [1.29, 1.82) is 0 Å². The Morgan fingerprint density at radius 2 is 0.991 bits per heavy atom. The van der Waals surface area contributed by atoms with Gasteiger partial charge in [0.15, 0.2) is 0 Å². The van der Waals surface area contributed by atoms with Crippen LogP contribution in [-0.2, 0) is 29.2 Å². The molecule has 5 aromatic heterocycles. The molecule has 6 N–H and O–H groups in total. The van der Waals surface area contributed by atoms with E-state index in [0.29, 0.717) is 63.4 Å². The van der Waals surface area contributed by atoms with Crippen molar-refractivity contribution >= 4 is 163 Å². The number of Topliss-reactive ketones (excluding diaryl/α,β-unsaturated/α-hetero) is 1. The van der Waals surface area contributed by atoms with Gasteiger partial charge in [0.05, 0.1) is 70.5 Å². The Kier molecular flexibility index (Phi) is 23.4. The number of carbonyl (C=O) groups excluding carboxylic acids is 4. The Balaban J connectivity index is 0.000000125. The zero-order valence-corrected chi connectivity index (χ0v) is 63.1. The van der Waals surface area contributed by atoms with E-state index in [1.807, 2.05) is 133 Å². The Morgan fingerprint density at radius 1 is 0.579 bits per heavy atom. The van der Waals surface area contributed by atoms with Gasteiger partial charge in [-0.05, 0) is 127 Å². The van der Waals surface area contributed by atoms with Gasteiger partial charge in [0, 0.05) is 187 Å². The molecule has 0 aliphatic carbocycles. The standard InChI is InChI=1S/C16H19ClN4O.C16H14ClN3O.C15H12ClN3O.C15H18ClN3O.C13H15F3N4O3S/c1-20-15(22)2-3-16(20)4-6-21(7-5-16)14-9-11(17)8-13-12(14)10-18-19-13;1-10(21)20(2)13-5-3-11(4-6-13)14-7-12(17)8-16-15(14)9-18-19-16;1-9(20)18-12-4-2-10(3-5-12)13-6-11(16)7-15-14(13)8-17-19-15;1-2-15(20)10-3-5-19(6-4-10)14-8-11(16)7-13-12(14)9-17-18-13;1-24(21,22)20-4-2-19(3-5-20)12-7-9(23-13(14,15)16)6-11-10(12)8-17-18-11/h8-10H,2-7H2,1H3,(H,18,19);3-9H,1-2H3,(H,18,19);2-8H,1H3,(H,17,19)(H,18,20);7-10H,2-6H2,1H3,(H,17,18);6-8H,2-5H2,1H3,(H,17,18). The van der Waals surface area contributed by atoms with E-state index in [2.05, 4.69) is 70.8 Å². The number of hydrogen-bond donors (Lipinski definition) is 6. The lowest BCUT2D eigenvalue weighted by atomic mass is 9.85. The quantitative estimate of drug-likeness (QED) is 0.0702. The van der Waals surface area contributed by atoms with E-state index in [9.17, 15) is 40.8 Å². The first-order valence-corrected chi connectivity index (χ1v) is 37.9. The van der Waals surface area contributed by atoms with Gasteiger partial charge in [-0.25, -0.2) is 8.42 Å². The summed E-state index contributed by atoms with van der Waals surface area (Å²) in [5, 5.41) is 45.0. The van der Waals surface area contributed by atoms with Crippen molar-refractivity contribution in [2.45, 2.75) is 77.6 Å². The Bertz CT molecular complexity index is 5320. The molecule has 1 spiro atoms. The van der Waals surface area contributed by atoms with E-state index >= 15 is 0 Å². The van der Waals surface area contributed by atoms with Crippen LogP contribution in [-0.4, -0.2) is 177 Å². The number of sulfonamides is 1. The molecule has 4 fully saturated rings. The second kappa shape index (κ2) is 32.6. The topological polar surface area (TPSA) is 287 Å². The first kappa shape index (κ1) is 76.7. The SMILES string of the molecule is CC(=O)N(C)c1ccc(-c2cc(Cl)cc3[nH]ncc23)cc1.CC(=O)Nc1ccc(-c2cc(Cl)cc3[nH]ncc23)cc1.CCC(=O)C1CCN(c2cc(Cl)cc3[nH]ncc23)CC1.CN1C(=O)CCC12CCN(c1cc(Cl)cc3[nH]ncc13)CC2.CS(=O)(=O)N1CCN(c2cc(OC(F)(F)F)cc3[nH]ncc23)CC1. The van der Waals surface area contributed by atoms with Gasteiger partial charge in [0.2, 0.25) is 27.7 Å². The number of piperazine rings is 1. The predicted octanol–water partition coefficient (Wildman–Crippen LogP) is 15.5. The third-order valence-corrected chi connectivity index (χ3v) is 22.1. The number of anilines is 5. The summed E-state index contributed by atoms with van der Waals surface area (Å²) in [4.78, 5) is 56.1. The Hall–Kier alpha value is -9.97. The molecular formula is C75H78Cl4F3N17O7S. The lowest BCUT2D eigenvalue weighted by Crippen LogP contribution is -2.51. The predicted molar refractivity (Wildman–Crippen MR) is 416 cm³/mol. The van der Waals surface area contributed by atoms with Crippen molar-refractivity contribution in [3.05, 3.63) is 160 Å². The highest BCUT2D eigenvalue weighted by Gasteiger charge is 2.45. The molecule has 7 aromatic carbocycles. The molecule has 0 saturated carbocycles. The summed E-state index contributed by atoms with van der Waals surface area (Å²) >= 11 is 24.7. The average molecular weight is 1560 g/mol. The number of nitrogens with one attached hydrogen (secondary N) is 6. The summed E-state index contributed by atoms with van der Waals surface area (Å²) in [5.74, 6) is 0.480. The number of rotatable bonds is 11. The van der Waals surface area contributed by atoms with Gasteiger partial charge in [0.1, 0.15) is 11.5 Å². The summed E-state index contributed by atoms with van der Waals surface area (Å²) in [6, 6.07) is 33.3. The molecule has 12 aromatic rings. The molecule has 107 heavy (non-hydrogen) atoms. The van der Waals surface area contributed by atoms with Crippen molar-refractivity contribution in [1.82, 2.24) is 60.2 Å². The number of halogens is 7. The van der Waals surface area contributed by atoms with Gasteiger partial charge < -0.3 is 34.6 Å². The van der Waals surface area contributed by atoms with E-state index in [1.165, 1.54) is 29.6 Å². The van der Waals surface area contributed by atoms with E-state index in [1.54, 1.807) is 31.3 Å². The normalized spacial score (nSPS) is 15.5. The largest absolute Gasteiger partial charge is 0.573 e. The fourth-order valence-corrected chi connectivity index (χ4v) is 15.8. The molecule has 560 valence electrons. The molecule has 4 aliphatic heterocycles. The van der Waals surface area contributed by atoms with Crippen molar-refractivity contribution in [2.24, 2.45) is 5.92 Å². The fourth-order valence-electron chi connectivity index (χ4n) is 14.2. The first-order chi connectivity index (χ1) is 51.1. The van der Waals surface area contributed by atoms with Crippen LogP contribution in [0.15, 0.2) is 140 Å². The van der Waals surface area contributed by atoms with Gasteiger partial charge >= 0.3 is 6.36 Å². The maximum atomic E-state index is 12.5. The van der Waals surface area contributed by atoms with Gasteiger partial charge in [-0.2, -0.15) is 29.8 Å². The van der Waals surface area contributed by atoms with Gasteiger partial charge in [0.25, 0.3) is 0 Å². The molecule has 4 saturated heterocycles. The number of piperidine rings is 2. The lowest BCUT2D eigenvalue weighted by molar-refractivity contribution is -0.274. The average Bonchev–Trinajstić information content (AvgIpc) is 1.78. The molecule has 9 heterocycles. The molecule has 0 radical (unpaired) electrons. The number of ketones is 1. The number of ether oxygens (including phenoxy) is 1. The highest BCUT2D eigenvalue weighted by atomic mass is 35.5. The van der Waals surface area contributed by atoms with Crippen LogP contribution in [0.3, 0.4) is 0 Å². The van der Waals surface area contributed by atoms with Gasteiger partial charge in [-0.15, -0.1) is 13.2 Å². The maximum absolute atomic E-state index is 12.5. The van der Waals surface area contributed by atoms with Crippen LogP contribution in [0.5, 0.6) is 5.75 Å². The monoisotopic (exact) mass is 1560 g/mol. The number of H-pyrrole nitrogens is 5. The highest BCUT2D eigenvalue weighted by molar-refractivity contribution is 7.88. The van der Waals surface area contributed by atoms with Crippen LogP contribution in [0.4, 0.5) is 41.6 Å². The molecule has 0 atom stereocenters. The maximum Gasteiger partial charge on any atom is 0.573 e. The smallest absolute Gasteiger partial charge is 0.406 e. The second-order valence-corrected chi connectivity index (χ2v) is 30.4. The minimum atomic E-state index is -4.79. The van der Waals surface area contributed by atoms with Crippen molar-refractivity contribution in [2.75, 3.05) is 97.6 Å². The number of hydrogen-bond acceptors (Lipinski definition) is 15. The molecule has 24 nitrogen and oxygen atoms in total. The van der Waals surface area contributed by atoms with Crippen LogP contribution in [0.25, 0.3) is 76.8 Å². The van der Waals surface area contributed by atoms with Crippen LogP contribution >= 0.6 is 46.4 Å². The molecular weight excluding hydrogens is 1480 g/mol. The number of benzene rings is 7. The van der Waals surface area contributed by atoms with Crippen molar-refractivity contribution < 1.29 is 45.5 Å². The number of likely N-dealkylation sites (tertiary alicyclic amines) is 1. The Morgan fingerprint density at radius 3 is 1.41 bits per heavy atom. The summed E-state index contributed by atoms with van der Waals surface area (Å²) in [5.41, 5.74) is 12.7. The molecule has 4 aliphatic rings. The van der Waals surface area contributed by atoms with E-state index < -0.39 is 16.4 Å². The molecule has 16 rings (SSSR count). The summed E-state index contributed by atoms with van der Waals surface area (Å²) in [7, 11) is 0.431. The van der Waals surface area contributed by atoms with Crippen molar-refractivity contribution in [3.63, 3.8) is 0 Å². The van der Waals surface area contributed by atoms with E-state index in [-0.39, 0.29) is 48.0 Å². The van der Waals surface area contributed by atoms with Crippen LogP contribution in [0.1, 0.15) is 65.7 Å². The number of nitrogens with zero attached hydrogens (tertiary/aromatic N) is 11. The number of carbonyl (C=O) groups is 4. The number of alkyl halides is 3. The number of aromatic amines is 5. The number of aromatic nitrogens is 10. The first-order valence-electron chi connectivity index (χ1n) is 34.6. The lowest BCUT2D eigenvalue weighted by Gasteiger charge is -2.44. The minimum Gasteiger partial charge on any atom is -0.406 e. The van der Waals surface area contributed by atoms with Crippen LogP contribution in [0, 0.1) is 5.92 Å². The van der Waals surface area contributed by atoms with Gasteiger partial charge in [-0.1, -0.05) is 77.6 Å². The third kappa shape index (κ3) is 18.0. The summed E-state index contributed by atoms with van der Waals surface area (Å²) < 4.78 is 65.9. The number of amides is 3.